The van der Waals surface area contributed by atoms with Gasteiger partial charge in [0.2, 0.25) is 0 Å². The molecule has 2 aromatic heterocycles. The molecule has 1 amide bonds. The van der Waals surface area contributed by atoms with E-state index in [0.717, 1.165) is 17.3 Å². The van der Waals surface area contributed by atoms with E-state index in [1.165, 1.54) is 4.90 Å². The van der Waals surface area contributed by atoms with Crippen molar-refractivity contribution in [1.82, 2.24) is 19.7 Å². The van der Waals surface area contributed by atoms with E-state index in [2.05, 4.69) is 21.9 Å². The molecule has 152 valence electrons. The van der Waals surface area contributed by atoms with Gasteiger partial charge in [-0.15, -0.1) is 0 Å². The molecule has 0 saturated heterocycles. The molecule has 8 nitrogen and oxygen atoms in total. The van der Waals surface area contributed by atoms with E-state index in [-0.39, 0.29) is 23.7 Å². The summed E-state index contributed by atoms with van der Waals surface area (Å²) in [5.41, 5.74) is 8.53. The second-order valence-electron chi connectivity index (χ2n) is 6.83. The molecule has 0 saturated carbocycles. The number of halogens is 1. The summed E-state index contributed by atoms with van der Waals surface area (Å²) in [4.78, 5) is 16.4. The molecule has 0 aliphatic carbocycles. The fourth-order valence-corrected chi connectivity index (χ4v) is 3.20. The lowest BCUT2D eigenvalue weighted by atomic mass is 10.00. The molecular weight excluding hydrogens is 389 g/mol. The molecule has 0 unspecified atom stereocenters. The van der Waals surface area contributed by atoms with E-state index >= 15 is 0 Å². The first-order valence-corrected chi connectivity index (χ1v) is 9.13. The van der Waals surface area contributed by atoms with E-state index < -0.39 is 11.9 Å². The second kappa shape index (κ2) is 7.75. The summed E-state index contributed by atoms with van der Waals surface area (Å²) in [6, 6.07) is 5.27. The molecule has 0 fully saturated rings. The lowest BCUT2D eigenvalue weighted by Gasteiger charge is -2.26. The second-order valence-corrected chi connectivity index (χ2v) is 6.83. The minimum Gasteiger partial charge on any atom is -0.465 e. The van der Waals surface area contributed by atoms with Crippen molar-refractivity contribution in [3.8, 4) is 23.3 Å². The molecule has 0 radical (unpaired) electrons. The van der Waals surface area contributed by atoms with Gasteiger partial charge in [0.25, 0.3) is 0 Å². The minimum atomic E-state index is -0.979. The predicted octanol–water partition coefficient (Wildman–Crippen LogP) is 2.76. The van der Waals surface area contributed by atoms with Crippen LogP contribution in [-0.4, -0.2) is 37.4 Å². The van der Waals surface area contributed by atoms with Crippen LogP contribution in [0.3, 0.4) is 0 Å². The maximum atomic E-state index is 14.5. The summed E-state index contributed by atoms with van der Waals surface area (Å²) in [5, 5.41) is 13.3. The molecule has 3 aromatic rings. The number of fused-ring (bicyclic) bond motifs is 1. The molecule has 1 aliphatic rings. The van der Waals surface area contributed by atoms with Crippen molar-refractivity contribution in [1.29, 1.82) is 0 Å². The van der Waals surface area contributed by atoms with Gasteiger partial charge in [-0.25, -0.2) is 14.2 Å². The lowest BCUT2D eigenvalue weighted by Crippen LogP contribution is -2.34. The fraction of sp³-hybridized carbons (Fsp3) is 0.190. The van der Waals surface area contributed by atoms with Crippen LogP contribution in [0.15, 0.2) is 36.8 Å². The van der Waals surface area contributed by atoms with Gasteiger partial charge in [0, 0.05) is 26.3 Å². The van der Waals surface area contributed by atoms with Gasteiger partial charge >= 0.3 is 6.09 Å². The summed E-state index contributed by atoms with van der Waals surface area (Å²) in [5.74, 6) is 5.24. The lowest BCUT2D eigenvalue weighted by molar-refractivity contribution is 0.140. The van der Waals surface area contributed by atoms with Crippen LogP contribution in [0.4, 0.5) is 15.0 Å². The Morgan fingerprint density at radius 2 is 2.13 bits per heavy atom. The van der Waals surface area contributed by atoms with E-state index in [0.29, 0.717) is 24.3 Å². The Hall–Kier alpha value is -4.06. The summed E-state index contributed by atoms with van der Waals surface area (Å²) < 4.78 is 21.9. The Labute approximate surface area is 171 Å². The van der Waals surface area contributed by atoms with E-state index in [9.17, 15) is 14.3 Å². The quantitative estimate of drug-likeness (QED) is 0.633. The zero-order chi connectivity index (χ0) is 21.3. The van der Waals surface area contributed by atoms with Gasteiger partial charge in [-0.2, -0.15) is 5.10 Å². The topological polar surface area (TPSA) is 107 Å². The van der Waals surface area contributed by atoms with Crippen molar-refractivity contribution in [3.05, 3.63) is 64.9 Å². The number of nitrogen functional groups attached to an aromatic ring is 1. The highest BCUT2D eigenvalue weighted by atomic mass is 19.1. The Balaban J connectivity index is 1.67. The Bertz CT molecular complexity index is 1200. The molecule has 9 heteroatoms. The number of pyridine rings is 1. The van der Waals surface area contributed by atoms with Crippen LogP contribution in [0, 0.1) is 17.7 Å². The van der Waals surface area contributed by atoms with Crippen LogP contribution in [0.1, 0.15) is 22.3 Å². The smallest absolute Gasteiger partial charge is 0.407 e. The number of nitrogens with zero attached hydrogens (tertiary/aromatic N) is 4. The zero-order valence-corrected chi connectivity index (χ0v) is 16.1. The maximum absolute atomic E-state index is 14.5. The number of nitrogens with two attached hydrogens (primary N) is 1. The number of hydrogen-bond donors (Lipinski definition) is 2. The Morgan fingerprint density at radius 1 is 1.30 bits per heavy atom. The summed E-state index contributed by atoms with van der Waals surface area (Å²) in [6.07, 6.45) is 3.90. The van der Waals surface area contributed by atoms with Gasteiger partial charge in [0.15, 0.2) is 11.6 Å². The fourth-order valence-electron chi connectivity index (χ4n) is 3.20. The number of anilines is 1. The molecule has 1 aliphatic heterocycles. The SMILES string of the molecule is Cn1cc(C#Cc2c(N)ncc(F)c2Oc2ccc3c(c2)CN(C(=O)O)CC3)cn1. The third-order valence-electron chi connectivity index (χ3n) is 4.73. The summed E-state index contributed by atoms with van der Waals surface area (Å²) in [7, 11) is 1.76. The highest BCUT2D eigenvalue weighted by Crippen LogP contribution is 2.32. The first kappa shape index (κ1) is 19.3. The maximum Gasteiger partial charge on any atom is 0.407 e. The van der Waals surface area contributed by atoms with E-state index in [1.54, 1.807) is 36.3 Å². The predicted molar refractivity (Wildman–Crippen MR) is 106 cm³/mol. The number of benzene rings is 1. The highest BCUT2D eigenvalue weighted by Gasteiger charge is 2.21. The van der Waals surface area contributed by atoms with Gasteiger partial charge in [0.05, 0.1) is 18.0 Å². The molecule has 3 N–H and O–H groups in total. The van der Waals surface area contributed by atoms with Crippen LogP contribution in [-0.2, 0) is 20.0 Å². The van der Waals surface area contributed by atoms with Crippen LogP contribution >= 0.6 is 0 Å². The number of aromatic nitrogens is 3. The number of amides is 1. The van der Waals surface area contributed by atoms with Crippen LogP contribution in [0.5, 0.6) is 11.5 Å². The van der Waals surface area contributed by atoms with E-state index in [4.69, 9.17) is 10.5 Å². The number of ether oxygens (including phenoxy) is 1. The third kappa shape index (κ3) is 3.89. The Morgan fingerprint density at radius 3 is 2.87 bits per heavy atom. The molecule has 30 heavy (non-hydrogen) atoms. The monoisotopic (exact) mass is 407 g/mol. The van der Waals surface area contributed by atoms with Crippen LogP contribution < -0.4 is 10.5 Å². The molecule has 1 aromatic carbocycles. The van der Waals surface area contributed by atoms with E-state index in [1.807, 2.05) is 6.07 Å². The van der Waals surface area contributed by atoms with Crippen molar-refractivity contribution in [2.24, 2.45) is 7.05 Å². The van der Waals surface area contributed by atoms with Crippen LogP contribution in [0.2, 0.25) is 0 Å². The Kier molecular flexibility index (Phi) is 4.98. The number of aryl methyl sites for hydroxylation is 1. The summed E-state index contributed by atoms with van der Waals surface area (Å²) in [6.45, 7) is 0.683. The molecule has 0 spiro atoms. The van der Waals surface area contributed by atoms with Gasteiger partial charge in [0.1, 0.15) is 17.1 Å². The number of carbonyl (C=O) groups is 1. The molecule has 4 rings (SSSR count). The average Bonchev–Trinajstić information content (AvgIpc) is 3.14. The molecule has 0 bridgehead atoms. The van der Waals surface area contributed by atoms with Gasteiger partial charge in [-0.1, -0.05) is 17.9 Å². The molecule has 3 heterocycles. The molecule has 0 atom stereocenters. The van der Waals surface area contributed by atoms with Crippen LogP contribution in [0.25, 0.3) is 0 Å². The largest absolute Gasteiger partial charge is 0.465 e. The first-order chi connectivity index (χ1) is 14.4. The van der Waals surface area contributed by atoms with Crippen molar-refractivity contribution >= 4 is 11.9 Å². The van der Waals surface area contributed by atoms with Gasteiger partial charge < -0.3 is 20.5 Å². The average molecular weight is 407 g/mol. The number of hydrogen-bond acceptors (Lipinski definition) is 5. The molecular formula is C21H18FN5O3. The van der Waals surface area contributed by atoms with Crippen molar-refractivity contribution in [2.75, 3.05) is 12.3 Å². The highest BCUT2D eigenvalue weighted by molar-refractivity contribution is 5.66. The van der Waals surface area contributed by atoms with Crippen molar-refractivity contribution < 1.29 is 19.0 Å². The number of carboxylic acid groups (broad SMARTS) is 1. The zero-order valence-electron chi connectivity index (χ0n) is 16.1. The number of rotatable bonds is 2. The normalized spacial score (nSPS) is 12.7. The minimum absolute atomic E-state index is 0.0396. The first-order valence-electron chi connectivity index (χ1n) is 9.13. The standard InChI is InChI=1S/C21H18FN5O3/c1-26-11-13(9-25-26)2-5-17-19(18(22)10-24-20(17)23)30-16-4-3-14-6-7-27(21(28)29)12-15(14)8-16/h3-4,8-11H,6-7,12H2,1H3,(H2,23,24)(H,28,29). The van der Waals surface area contributed by atoms with Crippen molar-refractivity contribution in [3.63, 3.8) is 0 Å². The third-order valence-corrected chi connectivity index (χ3v) is 4.73. The van der Waals surface area contributed by atoms with Gasteiger partial charge in [-0.3, -0.25) is 4.68 Å². The van der Waals surface area contributed by atoms with Crippen molar-refractivity contribution in [2.45, 2.75) is 13.0 Å². The summed E-state index contributed by atoms with van der Waals surface area (Å²) >= 11 is 0. The van der Waals surface area contributed by atoms with Gasteiger partial charge in [-0.05, 0) is 29.7 Å².